The van der Waals surface area contributed by atoms with Crippen molar-refractivity contribution in [2.24, 2.45) is 0 Å². The second-order valence-corrected chi connectivity index (χ2v) is 5.09. The number of nitrogens with one attached hydrogen (secondary N) is 1. The summed E-state index contributed by atoms with van der Waals surface area (Å²) in [5.74, 6) is -0.714. The highest BCUT2D eigenvalue weighted by atomic mass is 16.4. The maximum absolute atomic E-state index is 10.9. The Morgan fingerprint density at radius 1 is 1.37 bits per heavy atom. The summed E-state index contributed by atoms with van der Waals surface area (Å²) in [5.41, 5.74) is 2.52. The molecule has 1 fully saturated rings. The van der Waals surface area contributed by atoms with Crippen molar-refractivity contribution >= 4 is 5.97 Å². The minimum absolute atomic E-state index is 0.222. The molecule has 0 spiro atoms. The van der Waals surface area contributed by atoms with E-state index in [0.29, 0.717) is 6.42 Å². The van der Waals surface area contributed by atoms with E-state index in [2.05, 4.69) is 29.3 Å². The van der Waals surface area contributed by atoms with Crippen molar-refractivity contribution in [3.05, 3.63) is 35.4 Å². The molecule has 1 aliphatic rings. The van der Waals surface area contributed by atoms with E-state index in [0.717, 1.165) is 26.2 Å². The molecular weight excluding hydrogens is 240 g/mol. The molecule has 1 aromatic carbocycles. The summed E-state index contributed by atoms with van der Waals surface area (Å²) in [6, 6.07) is 8.53. The number of hydrogen-bond acceptors (Lipinski definition) is 3. The molecule has 4 heteroatoms. The van der Waals surface area contributed by atoms with Crippen molar-refractivity contribution in [1.29, 1.82) is 0 Å². The summed E-state index contributed by atoms with van der Waals surface area (Å²) in [6.45, 7) is 6.04. The van der Waals surface area contributed by atoms with Gasteiger partial charge in [0.15, 0.2) is 0 Å². The predicted octanol–water partition coefficient (Wildman–Crippen LogP) is 1.81. The SMILES string of the molecule is Cc1ccccc1C(CCC(=O)O)N1CCNCC1. The Morgan fingerprint density at radius 2 is 2.05 bits per heavy atom. The highest BCUT2D eigenvalue weighted by Crippen LogP contribution is 2.28. The molecule has 1 unspecified atom stereocenters. The molecule has 2 N–H and O–H groups in total. The van der Waals surface area contributed by atoms with Gasteiger partial charge in [0.05, 0.1) is 0 Å². The van der Waals surface area contributed by atoms with Crippen molar-refractivity contribution in [2.45, 2.75) is 25.8 Å². The average molecular weight is 262 g/mol. The molecule has 1 saturated heterocycles. The van der Waals surface area contributed by atoms with Crippen LogP contribution in [0, 0.1) is 6.92 Å². The third-order valence-electron chi connectivity index (χ3n) is 3.77. The number of carboxylic acids is 1. The van der Waals surface area contributed by atoms with Crippen molar-refractivity contribution in [3.8, 4) is 0 Å². The highest BCUT2D eigenvalue weighted by Gasteiger charge is 2.23. The van der Waals surface area contributed by atoms with Crippen LogP contribution in [0.15, 0.2) is 24.3 Å². The molecule has 1 aromatic rings. The van der Waals surface area contributed by atoms with Crippen LogP contribution in [0.5, 0.6) is 0 Å². The van der Waals surface area contributed by atoms with Gasteiger partial charge in [-0.05, 0) is 24.5 Å². The lowest BCUT2D eigenvalue weighted by molar-refractivity contribution is -0.137. The van der Waals surface area contributed by atoms with E-state index >= 15 is 0 Å². The van der Waals surface area contributed by atoms with Gasteiger partial charge in [0.1, 0.15) is 0 Å². The molecule has 1 aliphatic heterocycles. The van der Waals surface area contributed by atoms with Gasteiger partial charge in [0.2, 0.25) is 0 Å². The predicted molar refractivity (Wildman–Crippen MR) is 75.2 cm³/mol. The number of aliphatic carboxylic acids is 1. The molecule has 0 amide bonds. The molecule has 4 nitrogen and oxygen atoms in total. The van der Waals surface area contributed by atoms with Crippen LogP contribution in [-0.2, 0) is 4.79 Å². The first-order valence-corrected chi connectivity index (χ1v) is 6.90. The number of aryl methyl sites for hydroxylation is 1. The van der Waals surface area contributed by atoms with Gasteiger partial charge in [-0.1, -0.05) is 24.3 Å². The lowest BCUT2D eigenvalue weighted by Gasteiger charge is -2.35. The maximum atomic E-state index is 10.9. The Balaban J connectivity index is 2.17. The van der Waals surface area contributed by atoms with Gasteiger partial charge in [-0.3, -0.25) is 9.69 Å². The largest absolute Gasteiger partial charge is 0.481 e. The fourth-order valence-corrected chi connectivity index (χ4v) is 2.75. The van der Waals surface area contributed by atoms with Crippen LogP contribution in [0.4, 0.5) is 0 Å². The minimum Gasteiger partial charge on any atom is -0.481 e. The van der Waals surface area contributed by atoms with E-state index in [1.165, 1.54) is 11.1 Å². The molecule has 1 atom stereocenters. The quantitative estimate of drug-likeness (QED) is 0.849. The Kier molecular flexibility index (Phi) is 4.93. The highest BCUT2D eigenvalue weighted by molar-refractivity contribution is 5.66. The molecule has 0 radical (unpaired) electrons. The second-order valence-electron chi connectivity index (χ2n) is 5.09. The summed E-state index contributed by atoms with van der Waals surface area (Å²) < 4.78 is 0. The van der Waals surface area contributed by atoms with E-state index in [4.69, 9.17) is 5.11 Å². The van der Waals surface area contributed by atoms with Crippen LogP contribution in [0.25, 0.3) is 0 Å². The smallest absolute Gasteiger partial charge is 0.303 e. The number of rotatable bonds is 5. The van der Waals surface area contributed by atoms with Gasteiger partial charge in [-0.15, -0.1) is 0 Å². The fraction of sp³-hybridized carbons (Fsp3) is 0.533. The van der Waals surface area contributed by atoms with Crippen LogP contribution in [0.2, 0.25) is 0 Å². The molecule has 0 bridgehead atoms. The lowest BCUT2D eigenvalue weighted by atomic mass is 9.95. The third-order valence-corrected chi connectivity index (χ3v) is 3.77. The van der Waals surface area contributed by atoms with Crippen molar-refractivity contribution in [3.63, 3.8) is 0 Å². The van der Waals surface area contributed by atoms with Gasteiger partial charge in [0, 0.05) is 38.6 Å². The first-order valence-electron chi connectivity index (χ1n) is 6.90. The zero-order chi connectivity index (χ0) is 13.7. The normalized spacial score (nSPS) is 18.2. The van der Waals surface area contributed by atoms with Crippen molar-refractivity contribution in [2.75, 3.05) is 26.2 Å². The van der Waals surface area contributed by atoms with Gasteiger partial charge in [-0.2, -0.15) is 0 Å². The molecule has 2 rings (SSSR count). The second kappa shape index (κ2) is 6.68. The maximum Gasteiger partial charge on any atom is 0.303 e. The molecule has 104 valence electrons. The topological polar surface area (TPSA) is 52.6 Å². The molecule has 0 aromatic heterocycles. The Bertz CT molecular complexity index is 428. The van der Waals surface area contributed by atoms with E-state index in [1.54, 1.807) is 0 Å². The van der Waals surface area contributed by atoms with Crippen LogP contribution in [-0.4, -0.2) is 42.2 Å². The minimum atomic E-state index is -0.714. The molecule has 19 heavy (non-hydrogen) atoms. The third kappa shape index (κ3) is 3.78. The zero-order valence-corrected chi connectivity index (χ0v) is 11.4. The number of carbonyl (C=O) groups is 1. The standard InChI is InChI=1S/C15H22N2O2/c1-12-4-2-3-5-13(12)14(6-7-15(18)19)17-10-8-16-9-11-17/h2-5,14,16H,6-11H2,1H3,(H,18,19). The van der Waals surface area contributed by atoms with Gasteiger partial charge < -0.3 is 10.4 Å². The number of benzene rings is 1. The van der Waals surface area contributed by atoms with Crippen LogP contribution in [0.3, 0.4) is 0 Å². The van der Waals surface area contributed by atoms with Crippen molar-refractivity contribution in [1.82, 2.24) is 10.2 Å². The van der Waals surface area contributed by atoms with Gasteiger partial charge in [0.25, 0.3) is 0 Å². The monoisotopic (exact) mass is 262 g/mol. The van der Waals surface area contributed by atoms with E-state index in [9.17, 15) is 4.79 Å². The fourth-order valence-electron chi connectivity index (χ4n) is 2.75. The van der Waals surface area contributed by atoms with E-state index in [1.807, 2.05) is 12.1 Å². The Morgan fingerprint density at radius 3 is 2.68 bits per heavy atom. The Labute approximate surface area is 114 Å². The van der Waals surface area contributed by atoms with Crippen LogP contribution < -0.4 is 5.32 Å². The summed E-state index contributed by atoms with van der Waals surface area (Å²) in [6.07, 6.45) is 0.906. The average Bonchev–Trinajstić information content (AvgIpc) is 2.42. The summed E-state index contributed by atoms with van der Waals surface area (Å²) >= 11 is 0. The molecule has 1 heterocycles. The number of hydrogen-bond donors (Lipinski definition) is 2. The van der Waals surface area contributed by atoms with Crippen molar-refractivity contribution < 1.29 is 9.90 Å². The number of nitrogens with zero attached hydrogens (tertiary/aromatic N) is 1. The zero-order valence-electron chi connectivity index (χ0n) is 11.4. The number of carboxylic acid groups (broad SMARTS) is 1. The van der Waals surface area contributed by atoms with E-state index in [-0.39, 0.29) is 12.5 Å². The summed E-state index contributed by atoms with van der Waals surface area (Å²) in [7, 11) is 0. The molecule has 0 aliphatic carbocycles. The van der Waals surface area contributed by atoms with Gasteiger partial charge >= 0.3 is 5.97 Å². The summed E-state index contributed by atoms with van der Waals surface area (Å²) in [5, 5.41) is 12.3. The van der Waals surface area contributed by atoms with Crippen LogP contribution >= 0.6 is 0 Å². The first-order chi connectivity index (χ1) is 9.18. The number of piperazine rings is 1. The summed E-state index contributed by atoms with van der Waals surface area (Å²) in [4.78, 5) is 13.3. The molecule has 0 saturated carbocycles. The lowest BCUT2D eigenvalue weighted by Crippen LogP contribution is -2.45. The van der Waals surface area contributed by atoms with Crippen LogP contribution in [0.1, 0.15) is 30.0 Å². The van der Waals surface area contributed by atoms with Gasteiger partial charge in [-0.25, -0.2) is 0 Å². The van der Waals surface area contributed by atoms with E-state index < -0.39 is 5.97 Å². The Hall–Kier alpha value is -1.39. The first kappa shape index (κ1) is 14.0. The molecular formula is C15H22N2O2.